The Morgan fingerprint density at radius 3 is 2.25 bits per heavy atom. The van der Waals surface area contributed by atoms with Crippen LogP contribution in [0.2, 0.25) is 0 Å². The summed E-state index contributed by atoms with van der Waals surface area (Å²) in [5, 5.41) is 2.94. The van der Waals surface area contributed by atoms with Crippen LogP contribution in [0.4, 0.5) is 5.69 Å². The Morgan fingerprint density at radius 1 is 0.906 bits per heavy atom. The van der Waals surface area contributed by atoms with E-state index in [1.54, 1.807) is 48.5 Å². The highest BCUT2D eigenvalue weighted by Crippen LogP contribution is 2.32. The molecule has 8 heteroatoms. The van der Waals surface area contributed by atoms with E-state index < -0.39 is 10.0 Å². The number of nitrogens with one attached hydrogen (secondary N) is 2. The van der Waals surface area contributed by atoms with E-state index in [0.717, 1.165) is 11.1 Å². The molecule has 32 heavy (non-hydrogen) atoms. The molecule has 7 nitrogen and oxygen atoms in total. The fourth-order valence-corrected chi connectivity index (χ4v) is 4.37. The maximum absolute atomic E-state index is 12.7. The largest absolute Gasteiger partial charge is 0.486 e. The van der Waals surface area contributed by atoms with Crippen molar-refractivity contribution in [3.63, 3.8) is 0 Å². The van der Waals surface area contributed by atoms with Gasteiger partial charge in [-0.3, -0.25) is 9.52 Å². The summed E-state index contributed by atoms with van der Waals surface area (Å²) in [6.45, 7) is 4.79. The molecular formula is C24H24N2O5S. The number of ether oxygens (including phenoxy) is 2. The Kier molecular flexibility index (Phi) is 6.05. The minimum atomic E-state index is -3.70. The zero-order valence-electron chi connectivity index (χ0n) is 17.8. The first-order valence-electron chi connectivity index (χ1n) is 10.2. The minimum absolute atomic E-state index is 0.179. The van der Waals surface area contributed by atoms with Crippen molar-refractivity contribution in [1.82, 2.24) is 5.32 Å². The van der Waals surface area contributed by atoms with Crippen molar-refractivity contribution in [2.24, 2.45) is 0 Å². The second-order valence-electron chi connectivity index (χ2n) is 7.59. The molecule has 166 valence electrons. The summed E-state index contributed by atoms with van der Waals surface area (Å²) in [4.78, 5) is 12.8. The molecule has 1 aliphatic rings. The first kappa shape index (κ1) is 21.7. The summed E-state index contributed by atoms with van der Waals surface area (Å²) in [6, 6.07) is 18.2. The molecule has 1 atom stereocenters. The van der Waals surface area contributed by atoms with Crippen LogP contribution in [-0.4, -0.2) is 27.5 Å². The van der Waals surface area contributed by atoms with Gasteiger partial charge in [0, 0.05) is 11.3 Å². The van der Waals surface area contributed by atoms with Crippen molar-refractivity contribution in [1.29, 1.82) is 0 Å². The third kappa shape index (κ3) is 4.86. The van der Waals surface area contributed by atoms with E-state index in [2.05, 4.69) is 10.0 Å². The van der Waals surface area contributed by atoms with Crippen LogP contribution in [0.5, 0.6) is 11.5 Å². The van der Waals surface area contributed by atoms with Gasteiger partial charge in [0.15, 0.2) is 11.5 Å². The van der Waals surface area contributed by atoms with Crippen LogP contribution in [0.3, 0.4) is 0 Å². The molecule has 1 heterocycles. The fraction of sp³-hybridized carbons (Fsp3) is 0.208. The second-order valence-corrected chi connectivity index (χ2v) is 9.28. The lowest BCUT2D eigenvalue weighted by Crippen LogP contribution is -2.26. The molecule has 0 radical (unpaired) electrons. The van der Waals surface area contributed by atoms with Gasteiger partial charge in [-0.1, -0.05) is 23.8 Å². The molecule has 2 N–H and O–H groups in total. The third-order valence-electron chi connectivity index (χ3n) is 5.14. The summed E-state index contributed by atoms with van der Waals surface area (Å²) in [5.74, 6) is 1.10. The summed E-state index contributed by atoms with van der Waals surface area (Å²) < 4.78 is 38.7. The highest BCUT2D eigenvalue weighted by atomic mass is 32.2. The Bertz CT molecular complexity index is 1220. The number of carbonyl (C=O) groups excluding carboxylic acids is 1. The van der Waals surface area contributed by atoms with Crippen molar-refractivity contribution in [3.05, 3.63) is 83.4 Å². The standard InChI is InChI=1S/C24H24N2O5S/c1-16-3-10-21(11-4-16)32(28,29)26-20-8-5-18(6-9-20)24(27)25-17(2)19-7-12-22-23(15-19)31-14-13-30-22/h3-12,15,17,26H,13-14H2,1-2H3,(H,25,27). The zero-order chi connectivity index (χ0) is 22.7. The van der Waals surface area contributed by atoms with E-state index >= 15 is 0 Å². The molecule has 0 aliphatic carbocycles. The van der Waals surface area contributed by atoms with Crippen molar-refractivity contribution < 1.29 is 22.7 Å². The third-order valence-corrected chi connectivity index (χ3v) is 6.54. The van der Waals surface area contributed by atoms with Crippen molar-refractivity contribution in [2.45, 2.75) is 24.8 Å². The molecule has 4 rings (SSSR count). The lowest BCUT2D eigenvalue weighted by molar-refractivity contribution is 0.0939. The number of fused-ring (bicyclic) bond motifs is 1. The molecule has 1 amide bonds. The van der Waals surface area contributed by atoms with Crippen LogP contribution in [0.25, 0.3) is 0 Å². The number of hydrogen-bond acceptors (Lipinski definition) is 5. The summed E-state index contributed by atoms with van der Waals surface area (Å²) in [7, 11) is -3.70. The number of carbonyl (C=O) groups is 1. The fourth-order valence-electron chi connectivity index (χ4n) is 3.31. The average Bonchev–Trinajstić information content (AvgIpc) is 2.79. The molecule has 0 saturated carbocycles. The molecule has 1 aliphatic heterocycles. The molecule has 0 saturated heterocycles. The molecule has 3 aromatic rings. The molecule has 0 aromatic heterocycles. The van der Waals surface area contributed by atoms with E-state index in [-0.39, 0.29) is 16.8 Å². The predicted octanol–water partition coefficient (Wildman–Crippen LogP) is 4.06. The number of sulfonamides is 1. The molecule has 1 unspecified atom stereocenters. The molecular weight excluding hydrogens is 428 g/mol. The highest BCUT2D eigenvalue weighted by Gasteiger charge is 2.17. The lowest BCUT2D eigenvalue weighted by atomic mass is 10.1. The van der Waals surface area contributed by atoms with Crippen LogP contribution in [0.15, 0.2) is 71.6 Å². The van der Waals surface area contributed by atoms with Gasteiger partial charge in [-0.2, -0.15) is 0 Å². The van der Waals surface area contributed by atoms with Crippen LogP contribution < -0.4 is 19.5 Å². The van der Waals surface area contributed by atoms with Crippen LogP contribution in [0.1, 0.15) is 34.5 Å². The van der Waals surface area contributed by atoms with Gasteiger partial charge in [0.25, 0.3) is 15.9 Å². The Morgan fingerprint density at radius 2 is 1.56 bits per heavy atom. The molecule has 0 spiro atoms. The van der Waals surface area contributed by atoms with Gasteiger partial charge in [-0.25, -0.2) is 8.42 Å². The van der Waals surface area contributed by atoms with E-state index in [1.807, 2.05) is 32.0 Å². The van der Waals surface area contributed by atoms with Gasteiger partial charge in [-0.05, 0) is 67.9 Å². The van der Waals surface area contributed by atoms with Crippen LogP contribution in [-0.2, 0) is 10.0 Å². The minimum Gasteiger partial charge on any atom is -0.486 e. The van der Waals surface area contributed by atoms with Crippen molar-refractivity contribution in [3.8, 4) is 11.5 Å². The number of hydrogen-bond donors (Lipinski definition) is 2. The van der Waals surface area contributed by atoms with Gasteiger partial charge in [-0.15, -0.1) is 0 Å². The maximum atomic E-state index is 12.7. The molecule has 0 bridgehead atoms. The Balaban J connectivity index is 1.41. The van der Waals surface area contributed by atoms with Gasteiger partial charge in [0.05, 0.1) is 10.9 Å². The first-order chi connectivity index (χ1) is 15.3. The normalized spacial score (nSPS) is 13.8. The molecule has 3 aromatic carbocycles. The number of aryl methyl sites for hydroxylation is 1. The lowest BCUT2D eigenvalue weighted by Gasteiger charge is -2.21. The number of rotatable bonds is 6. The second kappa shape index (κ2) is 8.92. The average molecular weight is 453 g/mol. The van der Waals surface area contributed by atoms with Gasteiger partial charge in [0.1, 0.15) is 13.2 Å². The summed E-state index contributed by atoms with van der Waals surface area (Å²) >= 11 is 0. The number of amides is 1. The molecule has 0 fully saturated rings. The van der Waals surface area contributed by atoms with Crippen LogP contribution >= 0.6 is 0 Å². The first-order valence-corrected chi connectivity index (χ1v) is 11.7. The van der Waals surface area contributed by atoms with Crippen LogP contribution in [0, 0.1) is 6.92 Å². The monoisotopic (exact) mass is 452 g/mol. The van der Waals surface area contributed by atoms with E-state index in [4.69, 9.17) is 9.47 Å². The Hall–Kier alpha value is -3.52. The summed E-state index contributed by atoms with van der Waals surface area (Å²) in [5.41, 5.74) is 2.67. The maximum Gasteiger partial charge on any atom is 0.261 e. The quantitative estimate of drug-likeness (QED) is 0.588. The summed E-state index contributed by atoms with van der Waals surface area (Å²) in [6.07, 6.45) is 0. The van der Waals surface area contributed by atoms with E-state index in [9.17, 15) is 13.2 Å². The van der Waals surface area contributed by atoms with Crippen molar-refractivity contribution >= 4 is 21.6 Å². The zero-order valence-corrected chi connectivity index (χ0v) is 18.6. The number of benzene rings is 3. The highest BCUT2D eigenvalue weighted by molar-refractivity contribution is 7.92. The Labute approximate surface area is 187 Å². The smallest absolute Gasteiger partial charge is 0.261 e. The van der Waals surface area contributed by atoms with Gasteiger partial charge >= 0.3 is 0 Å². The number of anilines is 1. The topological polar surface area (TPSA) is 93.7 Å². The van der Waals surface area contributed by atoms with Crippen molar-refractivity contribution in [2.75, 3.05) is 17.9 Å². The SMILES string of the molecule is Cc1ccc(S(=O)(=O)Nc2ccc(C(=O)NC(C)c3ccc4c(c3)OCCO4)cc2)cc1. The van der Waals surface area contributed by atoms with Gasteiger partial charge in [0.2, 0.25) is 0 Å². The van der Waals surface area contributed by atoms with E-state index in [1.165, 1.54) is 0 Å². The van der Waals surface area contributed by atoms with Gasteiger partial charge < -0.3 is 14.8 Å². The van der Waals surface area contributed by atoms with E-state index in [0.29, 0.717) is 36.0 Å². The predicted molar refractivity (Wildman–Crippen MR) is 122 cm³/mol.